The molecule has 132 valence electrons. The van der Waals surface area contributed by atoms with Crippen molar-refractivity contribution in [3.63, 3.8) is 0 Å². The third-order valence-electron chi connectivity index (χ3n) is 4.95. The molecule has 26 heavy (non-hydrogen) atoms. The largest absolute Gasteiger partial charge is 0.545 e. The number of rotatable bonds is 3. The molecule has 1 aliphatic rings. The zero-order valence-electron chi connectivity index (χ0n) is 14.8. The SMILES string of the molecule is CC[NH+]1C/C(=C/c2ccc(C)s2)c2nc3ccccc3c(C(=O)[O-])c2C1. The van der Waals surface area contributed by atoms with Gasteiger partial charge < -0.3 is 14.8 Å². The molecule has 1 aromatic carbocycles. The molecule has 0 saturated carbocycles. The summed E-state index contributed by atoms with van der Waals surface area (Å²) in [4.78, 5) is 20.6. The molecule has 3 heterocycles. The summed E-state index contributed by atoms with van der Waals surface area (Å²) in [5.41, 5.74) is 3.71. The van der Waals surface area contributed by atoms with Gasteiger partial charge in [0.25, 0.3) is 0 Å². The predicted molar refractivity (Wildman–Crippen MR) is 103 cm³/mol. The first kappa shape index (κ1) is 16.9. The standard InChI is InChI=1S/C21H20N2O2S/c1-3-23-11-14(10-15-9-8-13(2)26-15)20-17(12-23)19(21(24)25)16-6-4-5-7-18(16)22-20/h4-10H,3,11-12H2,1-2H3,(H,24,25)/b14-10-. The summed E-state index contributed by atoms with van der Waals surface area (Å²) in [7, 11) is 0. The number of para-hydroxylation sites is 1. The average Bonchev–Trinajstić information content (AvgIpc) is 3.04. The first-order chi connectivity index (χ1) is 12.6. The predicted octanol–water partition coefficient (Wildman–Crippen LogP) is 1.93. The van der Waals surface area contributed by atoms with Gasteiger partial charge in [-0.15, -0.1) is 11.3 Å². The number of likely N-dealkylation sites (N-methyl/N-ethyl adjacent to an activating group) is 1. The van der Waals surface area contributed by atoms with Crippen LogP contribution in [-0.4, -0.2) is 24.0 Å². The van der Waals surface area contributed by atoms with Crippen LogP contribution in [0.1, 0.15) is 38.3 Å². The lowest BCUT2D eigenvalue weighted by Crippen LogP contribution is -3.11. The second-order valence-corrected chi connectivity index (χ2v) is 8.01. The molecule has 0 saturated heterocycles. The average molecular weight is 364 g/mol. The van der Waals surface area contributed by atoms with Gasteiger partial charge in [-0.05, 0) is 38.1 Å². The third-order valence-corrected chi connectivity index (χ3v) is 5.89. The van der Waals surface area contributed by atoms with E-state index in [1.54, 1.807) is 11.3 Å². The van der Waals surface area contributed by atoms with E-state index in [-0.39, 0.29) is 0 Å². The molecule has 1 atom stereocenters. The van der Waals surface area contributed by atoms with Gasteiger partial charge in [-0.25, -0.2) is 4.98 Å². The number of carbonyl (C=O) groups is 1. The van der Waals surface area contributed by atoms with Gasteiger partial charge in [-0.2, -0.15) is 0 Å². The zero-order valence-corrected chi connectivity index (χ0v) is 15.7. The van der Waals surface area contributed by atoms with Gasteiger partial charge in [-0.1, -0.05) is 18.2 Å². The summed E-state index contributed by atoms with van der Waals surface area (Å²) < 4.78 is 0. The van der Waals surface area contributed by atoms with Crippen molar-refractivity contribution < 1.29 is 14.8 Å². The monoisotopic (exact) mass is 364 g/mol. The highest BCUT2D eigenvalue weighted by atomic mass is 32.1. The number of hydrogen-bond acceptors (Lipinski definition) is 4. The molecule has 0 spiro atoms. The minimum atomic E-state index is -1.12. The molecule has 5 heteroatoms. The van der Waals surface area contributed by atoms with Gasteiger partial charge in [0.1, 0.15) is 13.1 Å². The van der Waals surface area contributed by atoms with Crippen LogP contribution in [0.15, 0.2) is 36.4 Å². The number of nitrogens with zero attached hydrogens (tertiary/aromatic N) is 1. The van der Waals surface area contributed by atoms with Crippen LogP contribution >= 0.6 is 11.3 Å². The van der Waals surface area contributed by atoms with Crippen molar-refractivity contribution >= 4 is 39.9 Å². The quantitative estimate of drug-likeness (QED) is 0.773. The summed E-state index contributed by atoms with van der Waals surface area (Å²) in [6, 6.07) is 11.6. The first-order valence-corrected chi connectivity index (χ1v) is 9.62. The molecule has 0 amide bonds. The van der Waals surface area contributed by atoms with Gasteiger partial charge in [0.15, 0.2) is 0 Å². The van der Waals surface area contributed by atoms with Crippen LogP contribution < -0.4 is 10.0 Å². The lowest BCUT2D eigenvalue weighted by molar-refractivity contribution is -0.905. The van der Waals surface area contributed by atoms with Crippen molar-refractivity contribution in [3.8, 4) is 0 Å². The van der Waals surface area contributed by atoms with E-state index in [4.69, 9.17) is 4.98 Å². The molecule has 0 radical (unpaired) electrons. The van der Waals surface area contributed by atoms with E-state index in [0.717, 1.165) is 29.9 Å². The van der Waals surface area contributed by atoms with E-state index in [9.17, 15) is 9.90 Å². The van der Waals surface area contributed by atoms with Gasteiger partial charge in [0, 0.05) is 31.8 Å². The maximum absolute atomic E-state index is 12.0. The minimum absolute atomic E-state index is 0.296. The number of carboxylic acids is 1. The topological polar surface area (TPSA) is 57.5 Å². The Morgan fingerprint density at radius 3 is 2.77 bits per heavy atom. The van der Waals surface area contributed by atoms with Gasteiger partial charge in [0.05, 0.1) is 23.7 Å². The molecule has 4 rings (SSSR count). The maximum atomic E-state index is 12.0. The fraction of sp³-hybridized carbons (Fsp3) is 0.238. The number of benzene rings is 1. The number of carboxylic acid groups (broad SMARTS) is 1. The Hall–Kier alpha value is -2.50. The Labute approximate surface area is 156 Å². The number of pyridine rings is 1. The van der Waals surface area contributed by atoms with Crippen molar-refractivity contribution in [2.45, 2.75) is 20.4 Å². The molecule has 0 bridgehead atoms. The van der Waals surface area contributed by atoms with Crippen molar-refractivity contribution in [3.05, 3.63) is 63.0 Å². The fourth-order valence-electron chi connectivity index (χ4n) is 3.66. The molecule has 0 aliphatic carbocycles. The first-order valence-electron chi connectivity index (χ1n) is 8.80. The normalized spacial score (nSPS) is 18.2. The Kier molecular flexibility index (Phi) is 4.34. The van der Waals surface area contributed by atoms with Crippen molar-refractivity contribution in [1.29, 1.82) is 0 Å². The number of thiophene rings is 1. The summed E-state index contributed by atoms with van der Waals surface area (Å²) in [5, 5.41) is 12.6. The number of quaternary nitrogens is 1. The van der Waals surface area contributed by atoms with Crippen molar-refractivity contribution in [1.82, 2.24) is 4.98 Å². The zero-order chi connectivity index (χ0) is 18.3. The van der Waals surface area contributed by atoms with Crippen LogP contribution in [0.4, 0.5) is 0 Å². The molecule has 2 aromatic heterocycles. The van der Waals surface area contributed by atoms with Crippen LogP contribution in [0.3, 0.4) is 0 Å². The number of carbonyl (C=O) groups excluding carboxylic acids is 1. The Morgan fingerprint density at radius 2 is 2.08 bits per heavy atom. The van der Waals surface area contributed by atoms with E-state index in [1.807, 2.05) is 24.3 Å². The van der Waals surface area contributed by atoms with E-state index < -0.39 is 5.97 Å². The Balaban J connectivity index is 1.99. The van der Waals surface area contributed by atoms with Crippen LogP contribution in [0.2, 0.25) is 0 Å². The van der Waals surface area contributed by atoms with E-state index >= 15 is 0 Å². The molecular weight excluding hydrogens is 344 g/mol. The van der Waals surface area contributed by atoms with E-state index in [2.05, 4.69) is 32.1 Å². The summed E-state index contributed by atoms with van der Waals surface area (Å²) in [6.45, 7) is 6.65. The van der Waals surface area contributed by atoms with Crippen LogP contribution in [0, 0.1) is 6.92 Å². The maximum Gasteiger partial charge on any atom is 0.106 e. The number of aromatic nitrogens is 1. The van der Waals surface area contributed by atoms with Crippen LogP contribution in [0.5, 0.6) is 0 Å². The smallest absolute Gasteiger partial charge is 0.106 e. The Bertz CT molecular complexity index is 1040. The number of hydrogen-bond donors (Lipinski definition) is 1. The second kappa shape index (κ2) is 6.67. The molecular formula is C21H20N2O2S. The highest BCUT2D eigenvalue weighted by Crippen LogP contribution is 2.30. The lowest BCUT2D eigenvalue weighted by Gasteiger charge is -2.29. The van der Waals surface area contributed by atoms with Crippen molar-refractivity contribution in [2.24, 2.45) is 0 Å². The van der Waals surface area contributed by atoms with Gasteiger partial charge in [-0.3, -0.25) is 0 Å². The number of aromatic carboxylic acids is 1. The van der Waals surface area contributed by atoms with Gasteiger partial charge in [0.2, 0.25) is 0 Å². The molecule has 4 nitrogen and oxygen atoms in total. The molecule has 1 aliphatic heterocycles. The summed E-state index contributed by atoms with van der Waals surface area (Å²) in [6.07, 6.45) is 2.16. The Morgan fingerprint density at radius 1 is 1.27 bits per heavy atom. The minimum Gasteiger partial charge on any atom is -0.545 e. The molecule has 1 N–H and O–H groups in total. The lowest BCUT2D eigenvalue weighted by atomic mass is 9.92. The van der Waals surface area contributed by atoms with E-state index in [1.165, 1.54) is 14.7 Å². The summed E-state index contributed by atoms with van der Waals surface area (Å²) >= 11 is 1.74. The van der Waals surface area contributed by atoms with Crippen molar-refractivity contribution in [2.75, 3.05) is 13.1 Å². The number of aryl methyl sites for hydroxylation is 1. The number of nitrogens with one attached hydrogen (secondary N) is 1. The molecule has 1 unspecified atom stereocenters. The van der Waals surface area contributed by atoms with Crippen LogP contribution in [-0.2, 0) is 6.54 Å². The second-order valence-electron chi connectivity index (χ2n) is 6.69. The van der Waals surface area contributed by atoms with Gasteiger partial charge >= 0.3 is 0 Å². The fourth-order valence-corrected chi connectivity index (χ4v) is 4.51. The molecule has 0 fully saturated rings. The third kappa shape index (κ3) is 2.93. The van der Waals surface area contributed by atoms with Crippen LogP contribution in [0.25, 0.3) is 22.6 Å². The highest BCUT2D eigenvalue weighted by Gasteiger charge is 2.28. The molecule has 3 aromatic rings. The highest BCUT2D eigenvalue weighted by molar-refractivity contribution is 7.12. The number of fused-ring (bicyclic) bond motifs is 2. The summed E-state index contributed by atoms with van der Waals surface area (Å²) in [5.74, 6) is -1.12. The van der Waals surface area contributed by atoms with E-state index in [0.29, 0.717) is 23.0 Å².